The summed E-state index contributed by atoms with van der Waals surface area (Å²) in [5.41, 5.74) is -0.0506. The van der Waals surface area contributed by atoms with Crippen LogP contribution in [0.4, 0.5) is 0 Å². The molecule has 0 fully saturated rings. The zero-order valence-electron chi connectivity index (χ0n) is 8.03. The lowest BCUT2D eigenvalue weighted by Crippen LogP contribution is -2.20. The lowest BCUT2D eigenvalue weighted by molar-refractivity contribution is 0.630. The Hall–Kier alpha value is -1.06. The summed E-state index contributed by atoms with van der Waals surface area (Å²) in [7, 11) is 3.44. The third kappa shape index (κ3) is 1.29. The van der Waals surface area contributed by atoms with E-state index in [1.54, 1.807) is 18.7 Å². The Balaban J connectivity index is 3.18. The van der Waals surface area contributed by atoms with Gasteiger partial charge in [-0.3, -0.25) is 4.57 Å². The Morgan fingerprint density at radius 3 is 2.42 bits per heavy atom. The highest BCUT2D eigenvalue weighted by molar-refractivity contribution is 4.93. The maximum atomic E-state index is 11.3. The molecule has 0 radical (unpaired) electrons. The molecule has 1 aromatic rings. The van der Waals surface area contributed by atoms with Crippen LogP contribution in [0, 0.1) is 0 Å². The van der Waals surface area contributed by atoms with Gasteiger partial charge in [0.05, 0.1) is 0 Å². The minimum Gasteiger partial charge on any atom is -0.282 e. The number of aryl methyl sites for hydroxylation is 1. The summed E-state index contributed by atoms with van der Waals surface area (Å²) in [4.78, 5) is 11.3. The summed E-state index contributed by atoms with van der Waals surface area (Å²) in [6.07, 6.45) is 1.00. The smallest absolute Gasteiger partial charge is 0.282 e. The zero-order chi connectivity index (χ0) is 9.30. The van der Waals surface area contributed by atoms with Crippen LogP contribution in [-0.4, -0.2) is 14.3 Å². The van der Waals surface area contributed by atoms with Gasteiger partial charge in [-0.2, -0.15) is 5.10 Å². The van der Waals surface area contributed by atoms with Crippen molar-refractivity contribution in [3.8, 4) is 0 Å². The largest absolute Gasteiger partial charge is 0.345 e. The van der Waals surface area contributed by atoms with Gasteiger partial charge in [0.2, 0.25) is 0 Å². The molecule has 0 aliphatic carbocycles. The fourth-order valence-corrected chi connectivity index (χ4v) is 1.19. The van der Waals surface area contributed by atoms with Gasteiger partial charge in [-0.15, -0.1) is 0 Å². The lowest BCUT2D eigenvalue weighted by Gasteiger charge is -2.04. The highest BCUT2D eigenvalue weighted by Crippen LogP contribution is 2.13. The number of nitrogens with zero attached hydrogens (tertiary/aromatic N) is 3. The van der Waals surface area contributed by atoms with Crippen LogP contribution in [-0.2, 0) is 14.1 Å². The van der Waals surface area contributed by atoms with Gasteiger partial charge in [-0.25, -0.2) is 9.48 Å². The predicted octanol–water partition coefficient (Wildman–Crippen LogP) is 0.632. The first-order chi connectivity index (χ1) is 5.57. The van der Waals surface area contributed by atoms with E-state index in [-0.39, 0.29) is 5.69 Å². The first-order valence-electron chi connectivity index (χ1n) is 4.17. The monoisotopic (exact) mass is 169 g/mol. The third-order valence-corrected chi connectivity index (χ3v) is 2.21. The van der Waals surface area contributed by atoms with Crippen molar-refractivity contribution in [3.05, 3.63) is 16.3 Å². The minimum atomic E-state index is -0.0506. The fraction of sp³-hybridized carbons (Fsp3) is 0.750. The number of hydrogen-bond donors (Lipinski definition) is 0. The van der Waals surface area contributed by atoms with E-state index in [1.807, 2.05) is 0 Å². The molecule has 1 rings (SSSR count). The first kappa shape index (κ1) is 9.03. The van der Waals surface area contributed by atoms with Crippen molar-refractivity contribution in [2.24, 2.45) is 14.1 Å². The summed E-state index contributed by atoms with van der Waals surface area (Å²) in [6, 6.07) is 0. The molecule has 0 bridgehead atoms. The fourth-order valence-electron chi connectivity index (χ4n) is 1.19. The second kappa shape index (κ2) is 3.13. The molecule has 1 aromatic heterocycles. The molecule has 0 aliphatic rings. The van der Waals surface area contributed by atoms with E-state index in [0.717, 1.165) is 12.2 Å². The Bertz CT molecular complexity index is 324. The Labute approximate surface area is 71.8 Å². The van der Waals surface area contributed by atoms with Crippen LogP contribution >= 0.6 is 0 Å². The molecule has 0 amide bonds. The van der Waals surface area contributed by atoms with Crippen molar-refractivity contribution in [1.29, 1.82) is 0 Å². The second-order valence-corrected chi connectivity index (χ2v) is 3.13. The third-order valence-electron chi connectivity index (χ3n) is 2.21. The van der Waals surface area contributed by atoms with Crippen LogP contribution < -0.4 is 5.69 Å². The number of rotatable bonds is 2. The highest BCUT2D eigenvalue weighted by atomic mass is 16.2. The zero-order valence-corrected chi connectivity index (χ0v) is 8.03. The van der Waals surface area contributed by atoms with Gasteiger partial charge in [-0.1, -0.05) is 13.8 Å². The molecule has 4 heteroatoms. The van der Waals surface area contributed by atoms with Crippen molar-refractivity contribution >= 4 is 0 Å². The van der Waals surface area contributed by atoms with E-state index >= 15 is 0 Å². The molecule has 1 unspecified atom stereocenters. The van der Waals surface area contributed by atoms with Crippen molar-refractivity contribution < 1.29 is 0 Å². The average molecular weight is 169 g/mol. The predicted molar refractivity (Wildman–Crippen MR) is 47.2 cm³/mol. The molecule has 0 aliphatic heterocycles. The van der Waals surface area contributed by atoms with Crippen LogP contribution in [0.5, 0.6) is 0 Å². The van der Waals surface area contributed by atoms with Crippen molar-refractivity contribution in [2.45, 2.75) is 26.2 Å². The van der Waals surface area contributed by atoms with Gasteiger partial charge in [0, 0.05) is 20.0 Å². The normalized spacial score (nSPS) is 13.3. The van der Waals surface area contributed by atoms with Gasteiger partial charge in [0.25, 0.3) is 0 Å². The summed E-state index contributed by atoms with van der Waals surface area (Å²) in [6.45, 7) is 4.16. The minimum absolute atomic E-state index is 0.0506. The van der Waals surface area contributed by atoms with E-state index in [2.05, 4.69) is 18.9 Å². The highest BCUT2D eigenvalue weighted by Gasteiger charge is 2.12. The van der Waals surface area contributed by atoms with Gasteiger partial charge in [0.1, 0.15) is 5.82 Å². The average Bonchev–Trinajstić information content (AvgIpc) is 2.32. The molecule has 68 valence electrons. The molecule has 0 saturated heterocycles. The van der Waals surface area contributed by atoms with Gasteiger partial charge >= 0.3 is 5.69 Å². The Morgan fingerprint density at radius 1 is 1.50 bits per heavy atom. The molecule has 0 N–H and O–H groups in total. The Morgan fingerprint density at radius 2 is 2.08 bits per heavy atom. The SMILES string of the molecule is CCC(C)c1nn(C)c(=O)n1C. The topological polar surface area (TPSA) is 39.8 Å². The molecule has 0 spiro atoms. The molecule has 0 aromatic carbocycles. The first-order valence-corrected chi connectivity index (χ1v) is 4.17. The second-order valence-electron chi connectivity index (χ2n) is 3.13. The van der Waals surface area contributed by atoms with Crippen LogP contribution in [0.15, 0.2) is 4.79 Å². The molecule has 12 heavy (non-hydrogen) atoms. The molecule has 1 heterocycles. The summed E-state index contributed by atoms with van der Waals surface area (Å²) < 4.78 is 2.98. The van der Waals surface area contributed by atoms with Gasteiger partial charge < -0.3 is 0 Å². The van der Waals surface area contributed by atoms with Crippen LogP contribution in [0.1, 0.15) is 32.0 Å². The van der Waals surface area contributed by atoms with Crippen molar-refractivity contribution in [2.75, 3.05) is 0 Å². The molecule has 0 saturated carbocycles. The Kier molecular flexibility index (Phi) is 2.35. The van der Waals surface area contributed by atoms with E-state index in [1.165, 1.54) is 4.68 Å². The van der Waals surface area contributed by atoms with E-state index in [4.69, 9.17) is 0 Å². The van der Waals surface area contributed by atoms with Gasteiger partial charge in [0.15, 0.2) is 0 Å². The maximum absolute atomic E-state index is 11.3. The van der Waals surface area contributed by atoms with E-state index in [0.29, 0.717) is 5.92 Å². The number of aromatic nitrogens is 3. The quantitative estimate of drug-likeness (QED) is 0.651. The lowest BCUT2D eigenvalue weighted by atomic mass is 10.1. The van der Waals surface area contributed by atoms with Crippen LogP contribution in [0.3, 0.4) is 0 Å². The standard InChI is InChI=1S/C8H15N3O/c1-5-6(2)7-9-11(4)8(12)10(7)3/h6H,5H2,1-4H3. The molecular formula is C8H15N3O. The number of hydrogen-bond acceptors (Lipinski definition) is 2. The van der Waals surface area contributed by atoms with Crippen molar-refractivity contribution in [1.82, 2.24) is 14.3 Å². The summed E-state index contributed by atoms with van der Waals surface area (Å²) >= 11 is 0. The molecule has 4 nitrogen and oxygen atoms in total. The van der Waals surface area contributed by atoms with E-state index in [9.17, 15) is 4.79 Å². The van der Waals surface area contributed by atoms with Crippen molar-refractivity contribution in [3.63, 3.8) is 0 Å². The van der Waals surface area contributed by atoms with Crippen LogP contribution in [0.2, 0.25) is 0 Å². The maximum Gasteiger partial charge on any atom is 0.345 e. The summed E-state index contributed by atoms with van der Waals surface area (Å²) in [5, 5.41) is 4.15. The van der Waals surface area contributed by atoms with E-state index < -0.39 is 0 Å². The van der Waals surface area contributed by atoms with Crippen LogP contribution in [0.25, 0.3) is 0 Å². The molecular weight excluding hydrogens is 154 g/mol. The van der Waals surface area contributed by atoms with Gasteiger partial charge in [-0.05, 0) is 6.42 Å². The molecule has 1 atom stereocenters. The summed E-state index contributed by atoms with van der Waals surface area (Å²) in [5.74, 6) is 1.22.